The van der Waals surface area contributed by atoms with E-state index in [0.29, 0.717) is 0 Å². The summed E-state index contributed by atoms with van der Waals surface area (Å²) in [6.45, 7) is 2.11. The van der Waals surface area contributed by atoms with Gasteiger partial charge in [0, 0.05) is 18.7 Å². The summed E-state index contributed by atoms with van der Waals surface area (Å²) < 4.78 is 0. The van der Waals surface area contributed by atoms with E-state index in [1.165, 1.54) is 17.2 Å². The number of anilines is 2. The van der Waals surface area contributed by atoms with Gasteiger partial charge in [-0.15, -0.1) is 0 Å². The van der Waals surface area contributed by atoms with Crippen LogP contribution in [0.3, 0.4) is 0 Å². The average Bonchev–Trinajstić information content (AvgIpc) is 3.27. The highest BCUT2D eigenvalue weighted by atomic mass is 16.6. The fourth-order valence-corrected chi connectivity index (χ4v) is 3.37. The maximum absolute atomic E-state index is 12.9. The fourth-order valence-electron chi connectivity index (χ4n) is 3.37. The molecule has 0 aromatic carbocycles. The van der Waals surface area contributed by atoms with E-state index in [0.717, 1.165) is 12.8 Å². The summed E-state index contributed by atoms with van der Waals surface area (Å²) in [5, 5.41) is 20.8. The molecule has 1 aliphatic heterocycles. The Morgan fingerprint density at radius 2 is 2.27 bits per heavy atom. The third-order valence-electron chi connectivity index (χ3n) is 4.64. The lowest BCUT2D eigenvalue weighted by atomic mass is 9.75. The zero-order valence-corrected chi connectivity index (χ0v) is 12.0. The van der Waals surface area contributed by atoms with Crippen LogP contribution in [0.2, 0.25) is 0 Å². The second kappa shape index (κ2) is 4.66. The van der Waals surface area contributed by atoms with Crippen LogP contribution in [0.25, 0.3) is 0 Å². The van der Waals surface area contributed by atoms with E-state index in [2.05, 4.69) is 11.1 Å². The SMILES string of the molecule is C[C@@H]1CN(c2ccnc(N)c2[N+](=O)[O-])C(=O)[C@]1(C#N)C1CC1. The summed E-state index contributed by atoms with van der Waals surface area (Å²) in [5.41, 5.74) is 4.24. The molecule has 1 saturated carbocycles. The number of carbonyl (C=O) groups excluding carboxylic acids is 1. The molecule has 0 radical (unpaired) electrons. The predicted octanol–water partition coefficient (Wildman–Crippen LogP) is 1.47. The van der Waals surface area contributed by atoms with Crippen molar-refractivity contribution < 1.29 is 9.72 Å². The largest absolute Gasteiger partial charge is 0.378 e. The maximum Gasteiger partial charge on any atom is 0.334 e. The van der Waals surface area contributed by atoms with Gasteiger partial charge in [-0.1, -0.05) is 6.92 Å². The summed E-state index contributed by atoms with van der Waals surface area (Å²) in [6.07, 6.45) is 3.02. The van der Waals surface area contributed by atoms with E-state index in [9.17, 15) is 20.2 Å². The van der Waals surface area contributed by atoms with E-state index >= 15 is 0 Å². The molecule has 8 heteroatoms. The zero-order chi connectivity index (χ0) is 16.1. The monoisotopic (exact) mass is 301 g/mol. The van der Waals surface area contributed by atoms with Gasteiger partial charge in [-0.05, 0) is 24.8 Å². The predicted molar refractivity (Wildman–Crippen MR) is 77.6 cm³/mol. The molecule has 2 atom stereocenters. The standard InChI is InChI=1S/C14H15N5O3/c1-8-6-18(13(20)14(8,7-15)9-2-3-9)10-4-5-17-12(16)11(10)19(21)22/h4-5,8-9H,2-3,6H2,1H3,(H2,16,17)/t8-,14+/m1/s1. The van der Waals surface area contributed by atoms with Crippen LogP contribution >= 0.6 is 0 Å². The van der Waals surface area contributed by atoms with E-state index in [-0.39, 0.29) is 41.5 Å². The van der Waals surface area contributed by atoms with Crippen molar-refractivity contribution in [2.24, 2.45) is 17.3 Å². The van der Waals surface area contributed by atoms with Gasteiger partial charge in [-0.3, -0.25) is 14.9 Å². The first kappa shape index (κ1) is 14.3. The van der Waals surface area contributed by atoms with Crippen molar-refractivity contribution in [3.8, 4) is 6.07 Å². The van der Waals surface area contributed by atoms with Gasteiger partial charge in [0.15, 0.2) is 0 Å². The van der Waals surface area contributed by atoms with Gasteiger partial charge >= 0.3 is 5.69 Å². The number of nitrogen functional groups attached to an aromatic ring is 1. The fraction of sp³-hybridized carbons (Fsp3) is 0.500. The van der Waals surface area contributed by atoms with E-state index in [1.807, 2.05) is 6.92 Å². The first-order valence-electron chi connectivity index (χ1n) is 7.05. The quantitative estimate of drug-likeness (QED) is 0.665. The molecule has 1 aliphatic carbocycles. The van der Waals surface area contributed by atoms with Crippen LogP contribution in [-0.2, 0) is 4.79 Å². The topological polar surface area (TPSA) is 126 Å². The molecular weight excluding hydrogens is 286 g/mol. The molecule has 3 rings (SSSR count). The molecule has 1 aromatic heterocycles. The number of hydrogen-bond acceptors (Lipinski definition) is 6. The highest BCUT2D eigenvalue weighted by Crippen LogP contribution is 2.55. The molecule has 0 spiro atoms. The average molecular weight is 301 g/mol. The summed E-state index contributed by atoms with van der Waals surface area (Å²) in [6, 6.07) is 3.60. The third-order valence-corrected chi connectivity index (χ3v) is 4.64. The normalized spacial score (nSPS) is 27.7. The van der Waals surface area contributed by atoms with Crippen LogP contribution < -0.4 is 10.6 Å². The number of pyridine rings is 1. The third kappa shape index (κ3) is 1.75. The van der Waals surface area contributed by atoms with Crippen molar-refractivity contribution in [1.29, 1.82) is 5.26 Å². The molecule has 22 heavy (non-hydrogen) atoms. The molecule has 2 fully saturated rings. The van der Waals surface area contributed by atoms with Crippen LogP contribution in [0, 0.1) is 38.7 Å². The van der Waals surface area contributed by atoms with Gasteiger partial charge < -0.3 is 10.6 Å². The number of amides is 1. The Bertz CT molecular complexity index is 709. The number of aromatic nitrogens is 1. The number of hydrogen-bond donors (Lipinski definition) is 1. The van der Waals surface area contributed by atoms with E-state index < -0.39 is 10.3 Å². The Morgan fingerprint density at radius 3 is 2.82 bits per heavy atom. The number of nitro groups is 1. The van der Waals surface area contributed by atoms with Crippen molar-refractivity contribution in [3.63, 3.8) is 0 Å². The second-order valence-corrected chi connectivity index (χ2v) is 5.89. The first-order valence-corrected chi connectivity index (χ1v) is 7.05. The Labute approximate surface area is 126 Å². The molecular formula is C14H15N5O3. The Morgan fingerprint density at radius 1 is 1.59 bits per heavy atom. The highest BCUT2D eigenvalue weighted by molar-refractivity contribution is 6.04. The molecule has 1 saturated heterocycles. The van der Waals surface area contributed by atoms with Gasteiger partial charge in [-0.25, -0.2) is 4.98 Å². The number of nitrogens with two attached hydrogens (primary N) is 1. The van der Waals surface area contributed by atoms with Gasteiger partial charge in [0.2, 0.25) is 11.7 Å². The minimum atomic E-state index is -1.08. The van der Waals surface area contributed by atoms with Crippen molar-refractivity contribution in [3.05, 3.63) is 22.4 Å². The summed E-state index contributed by atoms with van der Waals surface area (Å²) >= 11 is 0. The van der Waals surface area contributed by atoms with Crippen LogP contribution in [-0.4, -0.2) is 22.4 Å². The van der Waals surface area contributed by atoms with Gasteiger partial charge in [0.1, 0.15) is 11.1 Å². The summed E-state index contributed by atoms with van der Waals surface area (Å²) in [5.74, 6) is -0.739. The molecule has 0 unspecified atom stereocenters. The number of rotatable bonds is 3. The minimum absolute atomic E-state index is 0.0447. The molecule has 114 valence electrons. The highest BCUT2D eigenvalue weighted by Gasteiger charge is 2.61. The Balaban J connectivity index is 2.09. The molecule has 1 amide bonds. The van der Waals surface area contributed by atoms with Crippen molar-refractivity contribution in [2.45, 2.75) is 19.8 Å². The van der Waals surface area contributed by atoms with E-state index in [4.69, 9.17) is 5.73 Å². The molecule has 2 heterocycles. The van der Waals surface area contributed by atoms with E-state index in [1.54, 1.807) is 0 Å². The number of nitrogens with zero attached hydrogens (tertiary/aromatic N) is 4. The molecule has 1 aromatic rings. The molecule has 2 aliphatic rings. The van der Waals surface area contributed by atoms with Gasteiger partial charge in [-0.2, -0.15) is 5.26 Å². The van der Waals surface area contributed by atoms with Crippen molar-refractivity contribution >= 4 is 23.1 Å². The number of nitriles is 1. The van der Waals surface area contributed by atoms with Crippen LogP contribution in [0.5, 0.6) is 0 Å². The number of carbonyl (C=O) groups is 1. The first-order chi connectivity index (χ1) is 10.4. The summed E-state index contributed by atoms with van der Waals surface area (Å²) in [4.78, 5) is 28.5. The molecule has 2 N–H and O–H groups in total. The minimum Gasteiger partial charge on any atom is -0.378 e. The van der Waals surface area contributed by atoms with Crippen LogP contribution in [0.1, 0.15) is 19.8 Å². The van der Waals surface area contributed by atoms with Gasteiger partial charge in [0.25, 0.3) is 0 Å². The Hall–Kier alpha value is -2.69. The van der Waals surface area contributed by atoms with Crippen LogP contribution in [0.4, 0.5) is 17.2 Å². The lowest BCUT2D eigenvalue weighted by Gasteiger charge is -2.22. The lowest BCUT2D eigenvalue weighted by Crippen LogP contribution is -2.37. The summed E-state index contributed by atoms with van der Waals surface area (Å²) in [7, 11) is 0. The smallest absolute Gasteiger partial charge is 0.334 e. The van der Waals surface area contributed by atoms with Gasteiger partial charge in [0.05, 0.1) is 11.0 Å². The maximum atomic E-state index is 12.9. The molecule has 8 nitrogen and oxygen atoms in total. The second-order valence-electron chi connectivity index (χ2n) is 5.89. The lowest BCUT2D eigenvalue weighted by molar-refractivity contribution is -0.383. The Kier molecular flexibility index (Phi) is 3.02. The van der Waals surface area contributed by atoms with Crippen molar-refractivity contribution in [1.82, 2.24) is 4.98 Å². The molecule has 0 bridgehead atoms. The van der Waals surface area contributed by atoms with Crippen LogP contribution in [0.15, 0.2) is 12.3 Å². The van der Waals surface area contributed by atoms with Crippen molar-refractivity contribution in [2.75, 3.05) is 17.2 Å². The zero-order valence-electron chi connectivity index (χ0n) is 12.0.